The molecule has 92 valence electrons. The Bertz CT molecular complexity index is 222. The third kappa shape index (κ3) is 3.93. The van der Waals surface area contributed by atoms with Crippen molar-refractivity contribution >= 4 is 0 Å². The van der Waals surface area contributed by atoms with Gasteiger partial charge in [-0.2, -0.15) is 0 Å². The van der Waals surface area contributed by atoms with Gasteiger partial charge >= 0.3 is 0 Å². The van der Waals surface area contributed by atoms with Crippen LogP contribution in [0.25, 0.3) is 0 Å². The van der Waals surface area contributed by atoms with Crippen LogP contribution in [0.4, 0.5) is 0 Å². The van der Waals surface area contributed by atoms with Crippen LogP contribution in [0.15, 0.2) is 11.6 Å². The number of allylic oxidation sites excluding steroid dienone is 1. The maximum atomic E-state index is 3.60. The zero-order valence-electron chi connectivity index (χ0n) is 10.8. The molecule has 2 aliphatic carbocycles. The monoisotopic (exact) mass is 221 g/mol. The Balaban J connectivity index is 1.85. The van der Waals surface area contributed by atoms with Gasteiger partial charge in [-0.15, -0.1) is 0 Å². The van der Waals surface area contributed by atoms with Crippen molar-refractivity contribution in [3.05, 3.63) is 11.6 Å². The van der Waals surface area contributed by atoms with Crippen molar-refractivity contribution in [2.45, 2.75) is 58.3 Å². The van der Waals surface area contributed by atoms with E-state index in [0.717, 1.165) is 18.4 Å². The molecule has 0 aromatic rings. The fourth-order valence-corrected chi connectivity index (χ4v) is 2.79. The topological polar surface area (TPSA) is 12.0 Å². The van der Waals surface area contributed by atoms with Crippen molar-refractivity contribution in [3.8, 4) is 0 Å². The summed E-state index contributed by atoms with van der Waals surface area (Å²) in [6.45, 7) is 4.58. The van der Waals surface area contributed by atoms with Crippen LogP contribution in [0.5, 0.6) is 0 Å². The number of rotatable bonds is 6. The molecule has 2 saturated carbocycles. The van der Waals surface area contributed by atoms with E-state index in [1.165, 1.54) is 57.9 Å². The average molecular weight is 221 g/mol. The summed E-state index contributed by atoms with van der Waals surface area (Å²) in [6.07, 6.45) is 14.0. The Labute approximate surface area is 101 Å². The van der Waals surface area contributed by atoms with Crippen LogP contribution in [-0.2, 0) is 0 Å². The van der Waals surface area contributed by atoms with Crippen LogP contribution in [0.3, 0.4) is 0 Å². The molecule has 0 bridgehead atoms. The van der Waals surface area contributed by atoms with E-state index in [0.29, 0.717) is 0 Å². The molecule has 0 aliphatic heterocycles. The first kappa shape index (κ1) is 12.2. The molecule has 0 atom stereocenters. The van der Waals surface area contributed by atoms with Gasteiger partial charge in [-0.1, -0.05) is 37.8 Å². The van der Waals surface area contributed by atoms with Gasteiger partial charge in [0.15, 0.2) is 0 Å². The molecule has 0 aromatic heterocycles. The quantitative estimate of drug-likeness (QED) is 0.530. The minimum absolute atomic E-state index is 0.915. The lowest BCUT2D eigenvalue weighted by atomic mass is 9.83. The molecule has 2 fully saturated rings. The summed E-state index contributed by atoms with van der Waals surface area (Å²) in [7, 11) is 0. The number of hydrogen-bond acceptors (Lipinski definition) is 1. The van der Waals surface area contributed by atoms with Crippen molar-refractivity contribution in [1.82, 2.24) is 5.32 Å². The highest BCUT2D eigenvalue weighted by molar-refractivity contribution is 5.14. The smallest absolute Gasteiger partial charge is 0.0167 e. The van der Waals surface area contributed by atoms with E-state index in [9.17, 15) is 0 Å². The molecule has 1 nitrogen and oxygen atoms in total. The Morgan fingerprint density at radius 2 is 1.88 bits per heavy atom. The van der Waals surface area contributed by atoms with E-state index in [-0.39, 0.29) is 0 Å². The van der Waals surface area contributed by atoms with Crippen LogP contribution in [0, 0.1) is 11.8 Å². The lowest BCUT2D eigenvalue weighted by molar-refractivity contribution is 0.393. The van der Waals surface area contributed by atoms with Gasteiger partial charge in [0.25, 0.3) is 0 Å². The average Bonchev–Trinajstić information content (AvgIpc) is 3.13. The Morgan fingerprint density at radius 1 is 1.12 bits per heavy atom. The zero-order valence-corrected chi connectivity index (χ0v) is 10.8. The molecular formula is C15H27N. The molecule has 2 rings (SSSR count). The third-order valence-corrected chi connectivity index (χ3v) is 3.96. The maximum absolute atomic E-state index is 3.60. The zero-order chi connectivity index (χ0) is 11.2. The fraction of sp³-hybridized carbons (Fsp3) is 0.867. The van der Waals surface area contributed by atoms with Crippen LogP contribution < -0.4 is 5.32 Å². The van der Waals surface area contributed by atoms with Crippen LogP contribution in [0.1, 0.15) is 58.3 Å². The molecular weight excluding hydrogens is 194 g/mol. The first-order valence-electron chi connectivity index (χ1n) is 7.31. The van der Waals surface area contributed by atoms with Gasteiger partial charge in [0.2, 0.25) is 0 Å². The van der Waals surface area contributed by atoms with Gasteiger partial charge in [0, 0.05) is 6.54 Å². The first-order chi connectivity index (χ1) is 7.90. The maximum Gasteiger partial charge on any atom is 0.0167 e. The molecule has 0 aromatic carbocycles. The second-order valence-corrected chi connectivity index (χ2v) is 5.59. The largest absolute Gasteiger partial charge is 0.313 e. The number of nitrogens with one attached hydrogen (secondary N) is 1. The summed E-state index contributed by atoms with van der Waals surface area (Å²) in [5.41, 5.74) is 1.75. The standard InChI is InChI=1S/C15H27N/c1-2-10-16-12-15(11-13-8-9-13)14-6-4-3-5-7-14/h11,13-14,16H,2-10,12H2,1H3. The van der Waals surface area contributed by atoms with Gasteiger partial charge < -0.3 is 5.32 Å². The Morgan fingerprint density at radius 3 is 2.50 bits per heavy atom. The lowest BCUT2D eigenvalue weighted by Gasteiger charge is -2.25. The van der Waals surface area contributed by atoms with E-state index in [1.807, 2.05) is 0 Å². The SMILES string of the molecule is CCCNCC(=CC1CC1)C1CCCCC1. The predicted octanol–water partition coefficient (Wildman–Crippen LogP) is 3.90. The van der Waals surface area contributed by atoms with Crippen molar-refractivity contribution in [1.29, 1.82) is 0 Å². The summed E-state index contributed by atoms with van der Waals surface area (Å²) >= 11 is 0. The summed E-state index contributed by atoms with van der Waals surface area (Å²) in [5, 5.41) is 3.60. The molecule has 2 aliphatic rings. The molecule has 0 saturated heterocycles. The minimum Gasteiger partial charge on any atom is -0.313 e. The molecule has 16 heavy (non-hydrogen) atoms. The highest BCUT2D eigenvalue weighted by Gasteiger charge is 2.23. The van der Waals surface area contributed by atoms with E-state index in [2.05, 4.69) is 18.3 Å². The van der Waals surface area contributed by atoms with E-state index in [4.69, 9.17) is 0 Å². The molecule has 0 amide bonds. The van der Waals surface area contributed by atoms with Crippen molar-refractivity contribution in [2.24, 2.45) is 11.8 Å². The molecule has 0 heterocycles. The molecule has 0 unspecified atom stereocenters. The Hall–Kier alpha value is -0.300. The van der Waals surface area contributed by atoms with E-state index < -0.39 is 0 Å². The predicted molar refractivity (Wildman–Crippen MR) is 70.5 cm³/mol. The van der Waals surface area contributed by atoms with Crippen molar-refractivity contribution in [2.75, 3.05) is 13.1 Å². The van der Waals surface area contributed by atoms with Crippen molar-refractivity contribution in [3.63, 3.8) is 0 Å². The van der Waals surface area contributed by atoms with E-state index in [1.54, 1.807) is 5.57 Å². The summed E-state index contributed by atoms with van der Waals surface area (Å²) in [4.78, 5) is 0. The third-order valence-electron chi connectivity index (χ3n) is 3.96. The van der Waals surface area contributed by atoms with Crippen LogP contribution in [0.2, 0.25) is 0 Å². The second kappa shape index (κ2) is 6.44. The highest BCUT2D eigenvalue weighted by atomic mass is 14.8. The van der Waals surface area contributed by atoms with Gasteiger partial charge in [-0.3, -0.25) is 0 Å². The first-order valence-corrected chi connectivity index (χ1v) is 7.31. The minimum atomic E-state index is 0.915. The van der Waals surface area contributed by atoms with Gasteiger partial charge in [-0.25, -0.2) is 0 Å². The molecule has 0 spiro atoms. The molecule has 1 heteroatoms. The van der Waals surface area contributed by atoms with Crippen LogP contribution >= 0.6 is 0 Å². The summed E-state index contributed by atoms with van der Waals surface area (Å²) < 4.78 is 0. The molecule has 0 radical (unpaired) electrons. The van der Waals surface area contributed by atoms with Crippen molar-refractivity contribution < 1.29 is 0 Å². The van der Waals surface area contributed by atoms with Gasteiger partial charge in [-0.05, 0) is 50.5 Å². The second-order valence-electron chi connectivity index (χ2n) is 5.59. The van der Waals surface area contributed by atoms with Crippen LogP contribution in [-0.4, -0.2) is 13.1 Å². The lowest BCUT2D eigenvalue weighted by Crippen LogP contribution is -2.23. The summed E-state index contributed by atoms with van der Waals surface area (Å²) in [5.74, 6) is 1.86. The number of hydrogen-bond donors (Lipinski definition) is 1. The Kier molecular flexibility index (Phi) is 4.90. The van der Waals surface area contributed by atoms with Gasteiger partial charge in [0.1, 0.15) is 0 Å². The molecule has 1 N–H and O–H groups in total. The normalized spacial score (nSPS) is 23.7. The summed E-state index contributed by atoms with van der Waals surface area (Å²) in [6, 6.07) is 0. The van der Waals surface area contributed by atoms with Gasteiger partial charge in [0.05, 0.1) is 0 Å². The fourth-order valence-electron chi connectivity index (χ4n) is 2.79. The highest BCUT2D eigenvalue weighted by Crippen LogP contribution is 2.36. The van der Waals surface area contributed by atoms with E-state index >= 15 is 0 Å².